The molecule has 2 saturated carbocycles. The highest BCUT2D eigenvalue weighted by molar-refractivity contribution is 6.50. The second-order valence-electron chi connectivity index (χ2n) is 8.97. The molecule has 4 rings (SSSR count). The minimum atomic E-state index is -1.12. The number of Topliss-reactive ketones (excluding diaryl/α,β-unsaturated/α-hetero) is 1. The number of rotatable bonds is 4. The Balaban J connectivity index is 1.66. The topological polar surface area (TPSA) is 114 Å². The van der Waals surface area contributed by atoms with Crippen LogP contribution in [0, 0.1) is 26.4 Å². The molecular weight excluding hydrogens is 388 g/mol. The first-order valence-electron chi connectivity index (χ1n) is 10.2. The molecule has 2 bridgehead atoms. The number of nitrogens with zero attached hydrogens (tertiary/aromatic N) is 3. The molecule has 1 saturated heterocycles. The van der Waals surface area contributed by atoms with E-state index in [1.807, 2.05) is 20.8 Å². The van der Waals surface area contributed by atoms with E-state index < -0.39 is 21.2 Å². The van der Waals surface area contributed by atoms with E-state index in [9.17, 15) is 19.7 Å². The first kappa shape index (κ1) is 20.5. The van der Waals surface area contributed by atoms with Crippen LogP contribution in [0.15, 0.2) is 29.4 Å². The number of hydrogen-bond donors (Lipinski definition) is 1. The van der Waals surface area contributed by atoms with Crippen LogP contribution in [0.2, 0.25) is 0 Å². The van der Waals surface area contributed by atoms with Crippen LogP contribution in [-0.2, 0) is 14.3 Å². The Morgan fingerprint density at radius 2 is 1.80 bits per heavy atom. The van der Waals surface area contributed by atoms with Crippen LogP contribution in [0.1, 0.15) is 33.6 Å². The van der Waals surface area contributed by atoms with Gasteiger partial charge in [0, 0.05) is 30.6 Å². The van der Waals surface area contributed by atoms with Crippen molar-refractivity contribution in [2.75, 3.05) is 31.7 Å². The second-order valence-corrected chi connectivity index (χ2v) is 8.97. The average Bonchev–Trinajstić information content (AvgIpc) is 3.02. The number of benzene rings is 1. The van der Waals surface area contributed by atoms with Crippen LogP contribution in [0.3, 0.4) is 0 Å². The van der Waals surface area contributed by atoms with Crippen molar-refractivity contribution in [2.45, 2.75) is 33.6 Å². The number of hydrazone groups is 1. The summed E-state index contributed by atoms with van der Waals surface area (Å²) in [6, 6.07) is 5.84. The molecule has 1 heterocycles. The number of amides is 1. The molecule has 160 valence electrons. The Bertz CT molecular complexity index is 935. The number of nitro benzene ring substituents is 1. The number of ether oxygens (including phenoxy) is 1. The molecule has 1 N–H and O–H groups in total. The van der Waals surface area contributed by atoms with E-state index in [1.54, 1.807) is 17.0 Å². The van der Waals surface area contributed by atoms with Crippen LogP contribution in [0.5, 0.6) is 0 Å². The van der Waals surface area contributed by atoms with Gasteiger partial charge in [-0.3, -0.25) is 25.1 Å². The number of carbonyl (C=O) groups is 2. The molecule has 1 amide bonds. The van der Waals surface area contributed by atoms with E-state index >= 15 is 0 Å². The zero-order valence-electron chi connectivity index (χ0n) is 17.4. The van der Waals surface area contributed by atoms with Crippen molar-refractivity contribution in [1.82, 2.24) is 4.90 Å². The number of nitro groups is 1. The highest BCUT2D eigenvalue weighted by Crippen LogP contribution is 2.69. The van der Waals surface area contributed by atoms with Gasteiger partial charge >= 0.3 is 0 Å². The molecule has 1 aromatic rings. The predicted molar refractivity (Wildman–Crippen MR) is 110 cm³/mol. The van der Waals surface area contributed by atoms with Crippen molar-refractivity contribution in [3.05, 3.63) is 34.4 Å². The number of nitrogens with one attached hydrogen (secondary N) is 1. The van der Waals surface area contributed by atoms with Crippen LogP contribution in [0.25, 0.3) is 0 Å². The van der Waals surface area contributed by atoms with Gasteiger partial charge in [0.05, 0.1) is 23.8 Å². The van der Waals surface area contributed by atoms with Crippen LogP contribution >= 0.6 is 0 Å². The van der Waals surface area contributed by atoms with Crippen molar-refractivity contribution in [1.29, 1.82) is 0 Å². The summed E-state index contributed by atoms with van der Waals surface area (Å²) in [6.07, 6.45) is 1.21. The number of non-ortho nitro benzene ring substituents is 1. The maximum atomic E-state index is 13.6. The fourth-order valence-electron chi connectivity index (χ4n) is 5.26. The van der Waals surface area contributed by atoms with Crippen molar-refractivity contribution in [2.24, 2.45) is 21.3 Å². The third kappa shape index (κ3) is 2.61. The summed E-state index contributed by atoms with van der Waals surface area (Å²) in [5.74, 6) is -0.336. The Hall–Kier alpha value is -2.81. The van der Waals surface area contributed by atoms with Gasteiger partial charge in [0.15, 0.2) is 5.78 Å². The van der Waals surface area contributed by atoms with Crippen LogP contribution in [0.4, 0.5) is 11.4 Å². The minimum absolute atomic E-state index is 0.0210. The molecule has 0 aromatic heterocycles. The van der Waals surface area contributed by atoms with Gasteiger partial charge in [0.1, 0.15) is 11.1 Å². The Morgan fingerprint density at radius 3 is 2.40 bits per heavy atom. The number of ketones is 1. The van der Waals surface area contributed by atoms with E-state index in [1.165, 1.54) is 12.1 Å². The zero-order chi connectivity index (χ0) is 21.7. The van der Waals surface area contributed by atoms with Crippen molar-refractivity contribution in [3.8, 4) is 0 Å². The zero-order valence-corrected chi connectivity index (χ0v) is 17.4. The van der Waals surface area contributed by atoms with Crippen molar-refractivity contribution < 1.29 is 19.2 Å². The van der Waals surface area contributed by atoms with Gasteiger partial charge in [-0.2, -0.15) is 5.10 Å². The van der Waals surface area contributed by atoms with Gasteiger partial charge in [-0.1, -0.05) is 20.8 Å². The van der Waals surface area contributed by atoms with Crippen molar-refractivity contribution in [3.63, 3.8) is 0 Å². The minimum Gasteiger partial charge on any atom is -0.378 e. The van der Waals surface area contributed by atoms with E-state index in [0.717, 1.165) is 0 Å². The molecule has 0 radical (unpaired) electrons. The normalized spacial score (nSPS) is 31.2. The van der Waals surface area contributed by atoms with E-state index in [4.69, 9.17) is 4.74 Å². The molecule has 2 unspecified atom stereocenters. The van der Waals surface area contributed by atoms with E-state index in [2.05, 4.69) is 10.5 Å². The first-order valence-corrected chi connectivity index (χ1v) is 10.2. The van der Waals surface area contributed by atoms with Gasteiger partial charge in [0.25, 0.3) is 5.69 Å². The Morgan fingerprint density at radius 1 is 1.17 bits per heavy atom. The molecule has 30 heavy (non-hydrogen) atoms. The molecule has 2 aliphatic carbocycles. The third-order valence-electron chi connectivity index (χ3n) is 7.61. The molecule has 9 heteroatoms. The molecular formula is C21H26N4O5. The molecule has 2 atom stereocenters. The lowest BCUT2D eigenvalue weighted by atomic mass is 9.64. The SMILES string of the molecule is CC12CCC(C(=O)N3CCOCC3)(C(=O)C1=NNc1ccc([N+](=O)[O-])cc1)C2(C)C. The van der Waals surface area contributed by atoms with E-state index in [0.29, 0.717) is 50.5 Å². The molecule has 3 fully saturated rings. The van der Waals surface area contributed by atoms with Gasteiger partial charge in [-0.05, 0) is 30.4 Å². The summed E-state index contributed by atoms with van der Waals surface area (Å²) >= 11 is 0. The molecule has 1 aliphatic heterocycles. The molecule has 1 aromatic carbocycles. The lowest BCUT2D eigenvalue weighted by molar-refractivity contribution is -0.384. The average molecular weight is 414 g/mol. The predicted octanol–water partition coefficient (Wildman–Crippen LogP) is 2.62. The monoisotopic (exact) mass is 414 g/mol. The van der Waals surface area contributed by atoms with Crippen molar-refractivity contribution >= 4 is 28.8 Å². The van der Waals surface area contributed by atoms with Crippen LogP contribution < -0.4 is 5.43 Å². The third-order valence-corrected chi connectivity index (χ3v) is 7.61. The lowest BCUT2D eigenvalue weighted by Gasteiger charge is -2.41. The number of fused-ring (bicyclic) bond motifs is 2. The standard InChI is InChI=1S/C21H26N4O5/c1-19(2)20(3)8-9-21(19,18(27)24-10-12-30-13-11-24)17(26)16(20)23-22-14-4-6-15(7-5-14)25(28)29/h4-7,22H,8-13H2,1-3H3. The molecule has 9 nitrogen and oxygen atoms in total. The molecule has 3 aliphatic rings. The number of morpholine rings is 1. The maximum absolute atomic E-state index is 13.6. The summed E-state index contributed by atoms with van der Waals surface area (Å²) in [5, 5.41) is 15.2. The van der Waals surface area contributed by atoms with Crippen LogP contribution in [-0.4, -0.2) is 53.5 Å². The molecule has 0 spiro atoms. The first-order chi connectivity index (χ1) is 14.1. The smallest absolute Gasteiger partial charge is 0.269 e. The summed E-state index contributed by atoms with van der Waals surface area (Å²) in [7, 11) is 0. The Kier molecular flexibility index (Phi) is 4.68. The quantitative estimate of drug-likeness (QED) is 0.460. The fraction of sp³-hybridized carbons (Fsp3) is 0.571. The highest BCUT2D eigenvalue weighted by Gasteiger charge is 2.77. The number of anilines is 1. The van der Waals surface area contributed by atoms with Gasteiger partial charge in [-0.25, -0.2) is 0 Å². The maximum Gasteiger partial charge on any atom is 0.269 e. The highest BCUT2D eigenvalue weighted by atomic mass is 16.6. The van der Waals surface area contributed by atoms with E-state index in [-0.39, 0.29) is 17.4 Å². The largest absolute Gasteiger partial charge is 0.378 e. The number of hydrogen-bond acceptors (Lipinski definition) is 7. The summed E-state index contributed by atoms with van der Waals surface area (Å²) in [6.45, 7) is 7.94. The summed E-state index contributed by atoms with van der Waals surface area (Å²) in [4.78, 5) is 39.3. The second kappa shape index (κ2) is 6.87. The van der Waals surface area contributed by atoms with Gasteiger partial charge < -0.3 is 9.64 Å². The summed E-state index contributed by atoms with van der Waals surface area (Å²) < 4.78 is 5.37. The fourth-order valence-corrected chi connectivity index (χ4v) is 5.26. The van der Waals surface area contributed by atoms with Gasteiger partial charge in [-0.15, -0.1) is 0 Å². The Labute approximate surface area is 174 Å². The van der Waals surface area contributed by atoms with Gasteiger partial charge in [0.2, 0.25) is 5.91 Å². The summed E-state index contributed by atoms with van der Waals surface area (Å²) in [5.41, 5.74) is 1.52. The lowest BCUT2D eigenvalue weighted by Crippen LogP contribution is -2.54. The number of carbonyl (C=O) groups excluding carboxylic acids is 2.